The summed E-state index contributed by atoms with van der Waals surface area (Å²) >= 11 is 0. The first-order valence-electron chi connectivity index (χ1n) is 8.33. The van der Waals surface area contributed by atoms with Crippen LogP contribution < -0.4 is 14.2 Å². The van der Waals surface area contributed by atoms with Crippen molar-refractivity contribution in [1.29, 1.82) is 0 Å². The Hall–Kier alpha value is -2.69. The van der Waals surface area contributed by atoms with Crippen LogP contribution in [0.5, 0.6) is 17.2 Å². The molecule has 0 aromatic heterocycles. The number of rotatable bonds is 7. The predicted octanol–water partition coefficient (Wildman–Crippen LogP) is 3.79. The van der Waals surface area contributed by atoms with Gasteiger partial charge in [0, 0.05) is 6.42 Å². The Morgan fingerprint density at radius 2 is 1.80 bits per heavy atom. The molecule has 1 unspecified atom stereocenters. The molecular weight excluding hydrogens is 320 g/mol. The first-order valence-corrected chi connectivity index (χ1v) is 8.33. The van der Waals surface area contributed by atoms with Crippen LogP contribution in [0.3, 0.4) is 0 Å². The average Bonchev–Trinajstić information content (AvgIpc) is 3.01. The number of fused-ring (bicyclic) bond motifs is 1. The van der Waals surface area contributed by atoms with Gasteiger partial charge in [-0.1, -0.05) is 12.1 Å². The summed E-state index contributed by atoms with van der Waals surface area (Å²) in [7, 11) is 3.27. The largest absolute Gasteiger partial charge is 0.493 e. The molecule has 132 valence electrons. The third-order valence-electron chi connectivity index (χ3n) is 4.50. The van der Waals surface area contributed by atoms with Crippen LogP contribution in [0.1, 0.15) is 35.6 Å². The average molecular weight is 342 g/mol. The molecule has 0 saturated carbocycles. The minimum absolute atomic E-state index is 0.0142. The summed E-state index contributed by atoms with van der Waals surface area (Å²) in [6.45, 7) is 0. The van der Waals surface area contributed by atoms with Crippen molar-refractivity contribution in [2.45, 2.75) is 31.8 Å². The second-order valence-corrected chi connectivity index (χ2v) is 6.09. The van der Waals surface area contributed by atoms with E-state index in [1.54, 1.807) is 14.2 Å². The van der Waals surface area contributed by atoms with Crippen LogP contribution in [0.4, 0.5) is 0 Å². The summed E-state index contributed by atoms with van der Waals surface area (Å²) < 4.78 is 16.9. The number of benzene rings is 2. The molecule has 0 aliphatic heterocycles. The van der Waals surface area contributed by atoms with Crippen molar-refractivity contribution in [1.82, 2.24) is 0 Å². The maximum atomic E-state index is 10.6. The fraction of sp³-hybridized carbons (Fsp3) is 0.350. The van der Waals surface area contributed by atoms with E-state index in [-0.39, 0.29) is 12.5 Å². The van der Waals surface area contributed by atoms with Crippen LogP contribution in [0.25, 0.3) is 0 Å². The molecule has 0 bridgehead atoms. The number of carboxylic acids is 1. The lowest BCUT2D eigenvalue weighted by molar-refractivity contribution is -0.136. The highest BCUT2D eigenvalue weighted by molar-refractivity contribution is 5.67. The normalized spacial score (nSPS) is 15.5. The van der Waals surface area contributed by atoms with Gasteiger partial charge in [-0.05, 0) is 60.2 Å². The first-order chi connectivity index (χ1) is 12.1. The molecule has 0 spiro atoms. The highest BCUT2D eigenvalue weighted by Crippen LogP contribution is 2.41. The zero-order valence-corrected chi connectivity index (χ0v) is 14.5. The van der Waals surface area contributed by atoms with Gasteiger partial charge in [-0.2, -0.15) is 0 Å². The van der Waals surface area contributed by atoms with Crippen molar-refractivity contribution in [3.8, 4) is 17.2 Å². The lowest BCUT2D eigenvalue weighted by atomic mass is 10.1. The van der Waals surface area contributed by atoms with E-state index in [2.05, 4.69) is 0 Å². The molecule has 2 aromatic carbocycles. The van der Waals surface area contributed by atoms with Gasteiger partial charge in [0.05, 0.1) is 14.2 Å². The molecule has 1 N–H and O–H groups in total. The second kappa shape index (κ2) is 7.47. The number of aliphatic carboxylic acids is 1. The summed E-state index contributed by atoms with van der Waals surface area (Å²) in [4.78, 5) is 10.6. The Kier molecular flexibility index (Phi) is 5.12. The van der Waals surface area contributed by atoms with Crippen LogP contribution >= 0.6 is 0 Å². The molecular formula is C20H22O5. The Morgan fingerprint density at radius 1 is 1.12 bits per heavy atom. The standard InChI is InChI=1S/C20H22O5/c1-23-18-11-14-6-9-17(16(14)12-19(18)24-2)25-15-7-3-13(4-8-15)5-10-20(21)22/h3-4,7-8,11-12,17H,5-6,9-10H2,1-2H3,(H,21,22). The van der Waals surface area contributed by atoms with E-state index in [4.69, 9.17) is 19.3 Å². The first kappa shape index (κ1) is 17.1. The SMILES string of the molecule is COc1cc2c(cc1OC)C(Oc1ccc(CCC(=O)O)cc1)CC2. The molecule has 1 atom stereocenters. The van der Waals surface area contributed by atoms with E-state index in [1.165, 1.54) is 5.56 Å². The fourth-order valence-electron chi connectivity index (χ4n) is 3.17. The minimum Gasteiger partial charge on any atom is -0.493 e. The lowest BCUT2D eigenvalue weighted by Gasteiger charge is -2.17. The number of aryl methyl sites for hydroxylation is 2. The summed E-state index contributed by atoms with van der Waals surface area (Å²) in [5, 5.41) is 8.75. The van der Waals surface area contributed by atoms with Crippen molar-refractivity contribution >= 4 is 5.97 Å². The van der Waals surface area contributed by atoms with E-state index in [1.807, 2.05) is 36.4 Å². The van der Waals surface area contributed by atoms with Crippen molar-refractivity contribution in [3.63, 3.8) is 0 Å². The molecule has 0 fully saturated rings. The molecule has 5 nitrogen and oxygen atoms in total. The van der Waals surface area contributed by atoms with Gasteiger partial charge in [0.2, 0.25) is 0 Å². The number of ether oxygens (including phenoxy) is 3. The van der Waals surface area contributed by atoms with Gasteiger partial charge < -0.3 is 19.3 Å². The highest BCUT2D eigenvalue weighted by Gasteiger charge is 2.26. The number of hydrogen-bond acceptors (Lipinski definition) is 4. The molecule has 3 rings (SSSR count). The second-order valence-electron chi connectivity index (χ2n) is 6.09. The van der Waals surface area contributed by atoms with Crippen molar-refractivity contribution < 1.29 is 24.1 Å². The van der Waals surface area contributed by atoms with Gasteiger partial charge in [0.25, 0.3) is 0 Å². The van der Waals surface area contributed by atoms with Crippen LogP contribution in [0.15, 0.2) is 36.4 Å². The van der Waals surface area contributed by atoms with Crippen LogP contribution in [-0.2, 0) is 17.6 Å². The lowest BCUT2D eigenvalue weighted by Crippen LogP contribution is -2.04. The molecule has 2 aromatic rings. The van der Waals surface area contributed by atoms with Gasteiger partial charge in [-0.3, -0.25) is 4.79 Å². The zero-order chi connectivity index (χ0) is 17.8. The third-order valence-corrected chi connectivity index (χ3v) is 4.50. The monoisotopic (exact) mass is 342 g/mol. The van der Waals surface area contributed by atoms with Crippen molar-refractivity contribution in [3.05, 3.63) is 53.1 Å². The molecule has 1 aliphatic rings. The van der Waals surface area contributed by atoms with Gasteiger partial charge in [-0.15, -0.1) is 0 Å². The zero-order valence-electron chi connectivity index (χ0n) is 14.5. The van der Waals surface area contributed by atoms with Crippen molar-refractivity contribution in [2.24, 2.45) is 0 Å². The van der Waals surface area contributed by atoms with Gasteiger partial charge in [0.1, 0.15) is 11.9 Å². The summed E-state index contributed by atoms with van der Waals surface area (Å²) in [5.41, 5.74) is 3.35. The number of carboxylic acid groups (broad SMARTS) is 1. The van der Waals surface area contributed by atoms with Gasteiger partial charge in [0.15, 0.2) is 11.5 Å². The Labute approximate surface area is 147 Å². The maximum absolute atomic E-state index is 10.6. The summed E-state index contributed by atoms with van der Waals surface area (Å²) in [6.07, 6.45) is 2.50. The van der Waals surface area contributed by atoms with Gasteiger partial charge >= 0.3 is 5.97 Å². The van der Waals surface area contributed by atoms with E-state index < -0.39 is 5.97 Å². The fourth-order valence-corrected chi connectivity index (χ4v) is 3.17. The van der Waals surface area contributed by atoms with Crippen LogP contribution in [0, 0.1) is 0 Å². The van der Waals surface area contributed by atoms with E-state index in [9.17, 15) is 4.79 Å². The van der Waals surface area contributed by atoms with E-state index >= 15 is 0 Å². The smallest absolute Gasteiger partial charge is 0.303 e. The highest BCUT2D eigenvalue weighted by atomic mass is 16.5. The molecule has 1 aliphatic carbocycles. The minimum atomic E-state index is -0.785. The molecule has 0 radical (unpaired) electrons. The van der Waals surface area contributed by atoms with E-state index in [0.29, 0.717) is 12.2 Å². The van der Waals surface area contributed by atoms with Crippen molar-refractivity contribution in [2.75, 3.05) is 14.2 Å². The predicted molar refractivity (Wildman–Crippen MR) is 93.6 cm³/mol. The molecule has 5 heteroatoms. The quantitative estimate of drug-likeness (QED) is 0.829. The third kappa shape index (κ3) is 3.87. The Morgan fingerprint density at radius 3 is 2.44 bits per heavy atom. The molecule has 0 heterocycles. The van der Waals surface area contributed by atoms with E-state index in [0.717, 1.165) is 35.5 Å². The number of carbonyl (C=O) groups is 1. The molecule has 0 saturated heterocycles. The number of hydrogen-bond donors (Lipinski definition) is 1. The number of methoxy groups -OCH3 is 2. The van der Waals surface area contributed by atoms with Gasteiger partial charge in [-0.25, -0.2) is 0 Å². The molecule has 25 heavy (non-hydrogen) atoms. The Bertz CT molecular complexity index is 751. The van der Waals surface area contributed by atoms with Crippen LogP contribution in [0.2, 0.25) is 0 Å². The topological polar surface area (TPSA) is 65.0 Å². The van der Waals surface area contributed by atoms with Crippen LogP contribution in [-0.4, -0.2) is 25.3 Å². The summed E-state index contributed by atoms with van der Waals surface area (Å²) in [6, 6.07) is 11.6. The maximum Gasteiger partial charge on any atom is 0.303 e. The summed E-state index contributed by atoms with van der Waals surface area (Å²) in [5.74, 6) is 1.45. The Balaban J connectivity index is 1.72. The molecule has 0 amide bonds.